The third kappa shape index (κ3) is 4.12. The van der Waals surface area contributed by atoms with Gasteiger partial charge in [-0.25, -0.2) is 19.6 Å². The van der Waals surface area contributed by atoms with Gasteiger partial charge in [-0.15, -0.1) is 0 Å². The van der Waals surface area contributed by atoms with Crippen LogP contribution in [0.2, 0.25) is 0 Å². The van der Waals surface area contributed by atoms with Crippen LogP contribution >= 0.6 is 0 Å². The minimum Gasteiger partial charge on any atom is -0.478 e. The van der Waals surface area contributed by atoms with Gasteiger partial charge in [0.25, 0.3) is 0 Å². The standard InChI is InChI=1S/C20H12N2O4.2Na/c23-19(24)13-9-17(21-15-7-3-1-5-11(13)15)18-10-14(20(25)26)12-6-2-4-8-16(12)22-18;;/h1-10H,(H,23,24)(H,25,26);;. The Balaban J connectivity index is 0.00000140. The van der Waals surface area contributed by atoms with Crippen LogP contribution in [0.25, 0.3) is 33.2 Å². The van der Waals surface area contributed by atoms with Gasteiger partial charge >= 0.3 is 11.9 Å². The summed E-state index contributed by atoms with van der Waals surface area (Å²) < 4.78 is 0. The molecule has 0 saturated carbocycles. The largest absolute Gasteiger partial charge is 0.478 e. The molecule has 0 spiro atoms. The van der Waals surface area contributed by atoms with E-state index >= 15 is 0 Å². The van der Waals surface area contributed by atoms with Crippen molar-refractivity contribution in [2.45, 2.75) is 0 Å². The first-order valence-corrected chi connectivity index (χ1v) is 7.81. The smallest absolute Gasteiger partial charge is 0.336 e. The summed E-state index contributed by atoms with van der Waals surface area (Å²) >= 11 is 0. The molecule has 0 unspecified atom stereocenters. The third-order valence-corrected chi connectivity index (χ3v) is 4.16. The minimum absolute atomic E-state index is 0. The molecule has 2 N–H and O–H groups in total. The Morgan fingerprint density at radius 2 is 1.00 bits per heavy atom. The molecule has 0 fully saturated rings. The second-order valence-electron chi connectivity index (χ2n) is 5.75. The predicted molar refractivity (Wildman–Crippen MR) is 108 cm³/mol. The fourth-order valence-electron chi connectivity index (χ4n) is 2.97. The van der Waals surface area contributed by atoms with Gasteiger partial charge in [-0.3, -0.25) is 0 Å². The fourth-order valence-corrected chi connectivity index (χ4v) is 2.97. The van der Waals surface area contributed by atoms with Gasteiger partial charge in [-0.2, -0.15) is 0 Å². The number of carboxylic acid groups (broad SMARTS) is 2. The molecule has 2 aromatic heterocycles. The van der Waals surface area contributed by atoms with Gasteiger partial charge in [0.2, 0.25) is 0 Å². The van der Waals surface area contributed by atoms with Crippen LogP contribution in [0.15, 0.2) is 60.7 Å². The van der Waals surface area contributed by atoms with Crippen LogP contribution in [0, 0.1) is 0 Å². The van der Waals surface area contributed by atoms with E-state index in [9.17, 15) is 19.8 Å². The average Bonchev–Trinajstić information content (AvgIpc) is 2.66. The predicted octanol–water partition coefficient (Wildman–Crippen LogP) is 3.08. The number of carboxylic acids is 2. The molecule has 0 atom stereocenters. The van der Waals surface area contributed by atoms with E-state index in [0.29, 0.717) is 33.2 Å². The van der Waals surface area contributed by atoms with Crippen molar-refractivity contribution in [2.75, 3.05) is 0 Å². The number of para-hydroxylation sites is 2. The molecule has 2 aromatic carbocycles. The van der Waals surface area contributed by atoms with Crippen molar-refractivity contribution in [3.05, 3.63) is 71.8 Å². The van der Waals surface area contributed by atoms with E-state index in [-0.39, 0.29) is 70.2 Å². The molecule has 4 aromatic rings. The Kier molecular flexibility index (Phi) is 7.33. The monoisotopic (exact) mass is 390 g/mol. The van der Waals surface area contributed by atoms with Crippen LogP contribution in [0.4, 0.5) is 0 Å². The molecule has 2 radical (unpaired) electrons. The molecule has 0 aliphatic heterocycles. The molecular formula is C20H12N2Na2O4. The van der Waals surface area contributed by atoms with Gasteiger partial charge in [0.1, 0.15) is 0 Å². The molecule has 4 rings (SSSR count). The van der Waals surface area contributed by atoms with Crippen molar-refractivity contribution >= 4 is 92.9 Å². The summed E-state index contributed by atoms with van der Waals surface area (Å²) in [5.74, 6) is -2.16. The van der Waals surface area contributed by atoms with E-state index in [2.05, 4.69) is 9.97 Å². The second kappa shape index (κ2) is 9.13. The zero-order valence-electron chi connectivity index (χ0n) is 15.4. The maximum absolute atomic E-state index is 11.6. The number of pyridine rings is 2. The topological polar surface area (TPSA) is 100 Å². The van der Waals surface area contributed by atoms with E-state index in [1.54, 1.807) is 48.5 Å². The number of rotatable bonds is 3. The average molecular weight is 390 g/mol. The summed E-state index contributed by atoms with van der Waals surface area (Å²) in [6, 6.07) is 16.7. The van der Waals surface area contributed by atoms with Crippen molar-refractivity contribution in [1.82, 2.24) is 9.97 Å². The van der Waals surface area contributed by atoms with E-state index in [1.807, 2.05) is 0 Å². The van der Waals surface area contributed by atoms with Gasteiger partial charge in [0, 0.05) is 69.9 Å². The summed E-state index contributed by atoms with van der Waals surface area (Å²) in [6.45, 7) is 0. The van der Waals surface area contributed by atoms with Crippen molar-refractivity contribution in [3.8, 4) is 11.4 Å². The Hall–Kier alpha value is -1.80. The summed E-state index contributed by atoms with van der Waals surface area (Å²) in [5.41, 5.74) is 1.84. The zero-order chi connectivity index (χ0) is 18.3. The van der Waals surface area contributed by atoms with Crippen molar-refractivity contribution in [2.24, 2.45) is 0 Å². The van der Waals surface area contributed by atoms with Crippen LogP contribution in [0.1, 0.15) is 20.7 Å². The first kappa shape index (κ1) is 22.5. The van der Waals surface area contributed by atoms with E-state index in [1.165, 1.54) is 12.1 Å². The SMILES string of the molecule is O=C(O)c1cc(-c2cc(C(=O)O)c3ccccc3n2)nc2ccccc12.[Na].[Na]. The van der Waals surface area contributed by atoms with E-state index in [4.69, 9.17) is 0 Å². The van der Waals surface area contributed by atoms with Gasteiger partial charge in [-0.05, 0) is 24.3 Å². The van der Waals surface area contributed by atoms with Crippen LogP contribution in [-0.2, 0) is 0 Å². The maximum Gasteiger partial charge on any atom is 0.336 e. The Labute approximate surface area is 204 Å². The molecule has 28 heavy (non-hydrogen) atoms. The van der Waals surface area contributed by atoms with Crippen LogP contribution in [-0.4, -0.2) is 91.2 Å². The third-order valence-electron chi connectivity index (χ3n) is 4.16. The van der Waals surface area contributed by atoms with Crippen LogP contribution in [0.3, 0.4) is 0 Å². The number of benzene rings is 2. The number of fused-ring (bicyclic) bond motifs is 2. The van der Waals surface area contributed by atoms with E-state index < -0.39 is 11.9 Å². The molecule has 0 bridgehead atoms. The number of aromatic nitrogens is 2. The Bertz CT molecular complexity index is 1120. The summed E-state index contributed by atoms with van der Waals surface area (Å²) in [6.07, 6.45) is 0. The maximum atomic E-state index is 11.6. The summed E-state index contributed by atoms with van der Waals surface area (Å²) in [4.78, 5) is 32.2. The first-order chi connectivity index (χ1) is 12.5. The van der Waals surface area contributed by atoms with Crippen molar-refractivity contribution in [3.63, 3.8) is 0 Å². The minimum atomic E-state index is -1.08. The van der Waals surface area contributed by atoms with Gasteiger partial charge in [0.15, 0.2) is 0 Å². The molecule has 128 valence electrons. The molecule has 0 saturated heterocycles. The van der Waals surface area contributed by atoms with Gasteiger partial charge in [0.05, 0.1) is 33.5 Å². The molecule has 0 amide bonds. The number of hydrogen-bond acceptors (Lipinski definition) is 4. The van der Waals surface area contributed by atoms with Gasteiger partial charge in [-0.1, -0.05) is 36.4 Å². The molecule has 2 heterocycles. The Morgan fingerprint density at radius 1 is 0.643 bits per heavy atom. The summed E-state index contributed by atoms with van der Waals surface area (Å²) in [5, 5.41) is 20.1. The van der Waals surface area contributed by atoms with Crippen LogP contribution in [0.5, 0.6) is 0 Å². The number of carbonyl (C=O) groups is 2. The summed E-state index contributed by atoms with van der Waals surface area (Å²) in [7, 11) is 0. The number of hydrogen-bond donors (Lipinski definition) is 2. The number of aromatic carboxylic acids is 2. The number of nitrogens with zero attached hydrogens (tertiary/aromatic N) is 2. The molecule has 0 aliphatic carbocycles. The second-order valence-corrected chi connectivity index (χ2v) is 5.75. The van der Waals surface area contributed by atoms with Crippen molar-refractivity contribution in [1.29, 1.82) is 0 Å². The molecular weight excluding hydrogens is 378 g/mol. The van der Waals surface area contributed by atoms with Crippen LogP contribution < -0.4 is 0 Å². The molecule has 8 heteroatoms. The van der Waals surface area contributed by atoms with E-state index in [0.717, 1.165) is 0 Å². The first-order valence-electron chi connectivity index (χ1n) is 7.81. The van der Waals surface area contributed by atoms with Crippen molar-refractivity contribution < 1.29 is 19.8 Å². The normalized spacial score (nSPS) is 10.1. The zero-order valence-corrected chi connectivity index (χ0v) is 19.4. The fraction of sp³-hybridized carbons (Fsp3) is 0. The molecule has 0 aliphatic rings. The van der Waals surface area contributed by atoms with Gasteiger partial charge < -0.3 is 10.2 Å². The molecule has 6 nitrogen and oxygen atoms in total. The quantitative estimate of drug-likeness (QED) is 0.522. The Morgan fingerprint density at radius 3 is 1.36 bits per heavy atom.